The van der Waals surface area contributed by atoms with Gasteiger partial charge < -0.3 is 24.1 Å². The molecule has 1 aromatic carbocycles. The number of nitro benzene ring substituents is 1. The molecule has 0 radical (unpaired) electrons. The van der Waals surface area contributed by atoms with Gasteiger partial charge in [-0.25, -0.2) is 0 Å². The first-order valence-electron chi connectivity index (χ1n) is 8.99. The molecular weight excluding hydrogens is 406 g/mol. The molecular formula is C18H27NO9S. The number of nitro groups is 1. The van der Waals surface area contributed by atoms with Gasteiger partial charge >= 0.3 is 5.97 Å². The molecule has 11 heteroatoms. The van der Waals surface area contributed by atoms with E-state index in [2.05, 4.69) is 0 Å². The molecule has 0 aliphatic rings. The third kappa shape index (κ3) is 11.6. The van der Waals surface area contributed by atoms with Crippen LogP contribution in [0.3, 0.4) is 0 Å². The van der Waals surface area contributed by atoms with Crippen molar-refractivity contribution >= 4 is 22.5 Å². The first-order chi connectivity index (χ1) is 13.9. The molecule has 1 rings (SSSR count). The minimum absolute atomic E-state index is 0.0948. The number of esters is 1. The summed E-state index contributed by atoms with van der Waals surface area (Å²) in [6, 6.07) is 5.95. The number of para-hydroxylation sites is 1. The van der Waals surface area contributed by atoms with E-state index in [1.54, 1.807) is 13.2 Å². The highest BCUT2D eigenvalue weighted by molar-refractivity contribution is 7.85. The lowest BCUT2D eigenvalue weighted by molar-refractivity contribution is -0.385. The van der Waals surface area contributed by atoms with E-state index in [1.807, 2.05) is 0 Å². The maximum absolute atomic E-state index is 11.9. The second-order valence-electron chi connectivity index (χ2n) is 5.98. The van der Waals surface area contributed by atoms with Gasteiger partial charge in [0.1, 0.15) is 18.5 Å². The van der Waals surface area contributed by atoms with E-state index >= 15 is 0 Å². The number of carbonyl (C=O) groups is 1. The lowest BCUT2D eigenvalue weighted by Crippen LogP contribution is -2.23. The highest BCUT2D eigenvalue weighted by Gasteiger charge is 2.15. The van der Waals surface area contributed by atoms with Crippen LogP contribution in [0.5, 0.6) is 0 Å². The molecule has 0 aliphatic carbocycles. The van der Waals surface area contributed by atoms with Gasteiger partial charge in [-0.15, -0.1) is 0 Å². The number of nitrogens with zero attached hydrogens (tertiary/aromatic N) is 1. The number of aliphatic hydroxyl groups excluding tert-OH is 1. The van der Waals surface area contributed by atoms with Crippen LogP contribution in [-0.2, 0) is 41.1 Å². The predicted octanol–water partition coefficient (Wildman–Crippen LogP) is 0.817. The van der Waals surface area contributed by atoms with Crippen molar-refractivity contribution in [2.45, 2.75) is 19.1 Å². The smallest absolute Gasteiger partial charge is 0.318 e. The zero-order valence-electron chi connectivity index (χ0n) is 16.3. The van der Waals surface area contributed by atoms with E-state index in [-0.39, 0.29) is 49.2 Å². The van der Waals surface area contributed by atoms with E-state index in [1.165, 1.54) is 18.2 Å². The van der Waals surface area contributed by atoms with Crippen LogP contribution in [0.1, 0.15) is 12.0 Å². The van der Waals surface area contributed by atoms with Gasteiger partial charge in [-0.1, -0.05) is 12.1 Å². The molecule has 0 saturated carbocycles. The van der Waals surface area contributed by atoms with Crippen LogP contribution in [0, 0.1) is 10.1 Å². The molecule has 2 atom stereocenters. The molecule has 29 heavy (non-hydrogen) atoms. The van der Waals surface area contributed by atoms with Crippen LogP contribution in [0.2, 0.25) is 0 Å². The van der Waals surface area contributed by atoms with Crippen LogP contribution in [-0.4, -0.2) is 78.0 Å². The molecule has 0 aromatic heterocycles. The topological polar surface area (TPSA) is 134 Å². The van der Waals surface area contributed by atoms with Crippen LogP contribution in [0.15, 0.2) is 24.3 Å². The molecule has 164 valence electrons. The number of ether oxygens (including phenoxy) is 4. The summed E-state index contributed by atoms with van der Waals surface area (Å²) < 4.78 is 32.1. The molecule has 0 aliphatic heterocycles. The SMILES string of the molecule is COCCOCC(O)COCCCS(=O)CC(=O)OCc1ccccc1[N+](=O)[O-]. The van der Waals surface area contributed by atoms with Gasteiger partial charge in [0, 0.05) is 36.3 Å². The fourth-order valence-corrected chi connectivity index (χ4v) is 3.10. The fourth-order valence-electron chi connectivity index (χ4n) is 2.17. The summed E-state index contributed by atoms with van der Waals surface area (Å²) in [4.78, 5) is 22.1. The molecule has 0 fully saturated rings. The number of aliphatic hydroxyl groups is 1. The number of hydrogen-bond donors (Lipinski definition) is 1. The first-order valence-corrected chi connectivity index (χ1v) is 10.5. The summed E-state index contributed by atoms with van der Waals surface area (Å²) in [5.41, 5.74) is 0.139. The Hall–Kier alpha value is -1.92. The maximum Gasteiger partial charge on any atom is 0.318 e. The summed E-state index contributed by atoms with van der Waals surface area (Å²) in [5, 5.41) is 20.5. The Balaban J connectivity index is 2.14. The largest absolute Gasteiger partial charge is 0.460 e. The minimum Gasteiger partial charge on any atom is -0.460 e. The second-order valence-corrected chi connectivity index (χ2v) is 7.56. The minimum atomic E-state index is -1.43. The van der Waals surface area contributed by atoms with E-state index in [9.17, 15) is 24.2 Å². The van der Waals surface area contributed by atoms with Crippen molar-refractivity contribution in [1.82, 2.24) is 0 Å². The number of benzene rings is 1. The molecule has 0 amide bonds. The van der Waals surface area contributed by atoms with Gasteiger partial charge in [0.25, 0.3) is 5.69 Å². The van der Waals surface area contributed by atoms with Crippen molar-refractivity contribution in [3.05, 3.63) is 39.9 Å². The molecule has 0 bridgehead atoms. The Morgan fingerprint density at radius 1 is 1.21 bits per heavy atom. The maximum atomic E-state index is 11.9. The summed E-state index contributed by atoms with van der Waals surface area (Å²) in [7, 11) is 0.124. The Morgan fingerprint density at radius 2 is 1.90 bits per heavy atom. The third-order valence-corrected chi connectivity index (χ3v) is 4.87. The number of carbonyl (C=O) groups excluding carboxylic acids is 1. The van der Waals surface area contributed by atoms with E-state index in [0.29, 0.717) is 19.6 Å². The Morgan fingerprint density at radius 3 is 2.59 bits per heavy atom. The highest BCUT2D eigenvalue weighted by Crippen LogP contribution is 2.18. The normalized spacial score (nSPS) is 13.0. The lowest BCUT2D eigenvalue weighted by atomic mass is 10.2. The third-order valence-electron chi connectivity index (χ3n) is 3.57. The number of rotatable bonds is 16. The average molecular weight is 433 g/mol. The van der Waals surface area contributed by atoms with Crippen LogP contribution in [0.4, 0.5) is 5.69 Å². The van der Waals surface area contributed by atoms with Gasteiger partial charge in [-0.05, 0) is 12.5 Å². The number of methoxy groups -OCH3 is 1. The van der Waals surface area contributed by atoms with Crippen molar-refractivity contribution in [1.29, 1.82) is 0 Å². The Bertz CT molecular complexity index is 656. The van der Waals surface area contributed by atoms with Crippen molar-refractivity contribution in [2.75, 3.05) is 51.6 Å². The standard InChI is InChI=1S/C18H27NO9S/c1-25-8-9-27-13-16(20)12-26-7-4-10-29(24)14-18(21)28-11-15-5-2-3-6-17(15)19(22)23/h2-3,5-6,16,20H,4,7-14H2,1H3. The predicted molar refractivity (Wildman–Crippen MR) is 105 cm³/mol. The highest BCUT2D eigenvalue weighted by atomic mass is 32.2. The van der Waals surface area contributed by atoms with Gasteiger partial charge in [0.05, 0.1) is 36.9 Å². The molecule has 2 unspecified atom stereocenters. The quantitative estimate of drug-likeness (QED) is 0.174. The first kappa shape index (κ1) is 25.1. The van der Waals surface area contributed by atoms with Crippen molar-refractivity contribution in [2.24, 2.45) is 0 Å². The molecule has 0 saturated heterocycles. The van der Waals surface area contributed by atoms with Gasteiger partial charge in [0.15, 0.2) is 0 Å². The van der Waals surface area contributed by atoms with Gasteiger partial charge in [-0.3, -0.25) is 19.1 Å². The van der Waals surface area contributed by atoms with Gasteiger partial charge in [0.2, 0.25) is 0 Å². The second kappa shape index (κ2) is 15.0. The fraction of sp³-hybridized carbons (Fsp3) is 0.611. The summed E-state index contributed by atoms with van der Waals surface area (Å²) in [6.45, 7) is 1.11. The molecule has 0 heterocycles. The van der Waals surface area contributed by atoms with Crippen molar-refractivity contribution < 1.29 is 38.0 Å². The van der Waals surface area contributed by atoms with E-state index < -0.39 is 27.8 Å². The summed E-state index contributed by atoms with van der Waals surface area (Å²) in [6.07, 6.45) is -0.309. The molecule has 0 spiro atoms. The molecule has 1 aromatic rings. The van der Waals surface area contributed by atoms with Crippen LogP contribution >= 0.6 is 0 Å². The van der Waals surface area contributed by atoms with Crippen LogP contribution < -0.4 is 0 Å². The van der Waals surface area contributed by atoms with Crippen molar-refractivity contribution in [3.63, 3.8) is 0 Å². The van der Waals surface area contributed by atoms with Crippen LogP contribution in [0.25, 0.3) is 0 Å². The zero-order chi connectivity index (χ0) is 21.5. The van der Waals surface area contributed by atoms with E-state index in [4.69, 9.17) is 18.9 Å². The zero-order valence-corrected chi connectivity index (χ0v) is 17.1. The monoisotopic (exact) mass is 433 g/mol. The lowest BCUT2D eigenvalue weighted by Gasteiger charge is -2.11. The average Bonchev–Trinajstić information content (AvgIpc) is 2.69. The summed E-state index contributed by atoms with van der Waals surface area (Å²) in [5.74, 6) is -0.747. The summed E-state index contributed by atoms with van der Waals surface area (Å²) >= 11 is 0. The van der Waals surface area contributed by atoms with Gasteiger partial charge in [-0.2, -0.15) is 0 Å². The van der Waals surface area contributed by atoms with E-state index in [0.717, 1.165) is 0 Å². The molecule has 10 nitrogen and oxygen atoms in total. The Labute approximate surface area is 171 Å². The number of hydrogen-bond acceptors (Lipinski definition) is 9. The Kier molecular flexibility index (Phi) is 13.0. The molecule has 1 N–H and O–H groups in total. The van der Waals surface area contributed by atoms with Crippen molar-refractivity contribution in [3.8, 4) is 0 Å².